The van der Waals surface area contributed by atoms with E-state index >= 15 is 0 Å². The van der Waals surface area contributed by atoms with Gasteiger partial charge in [0.2, 0.25) is 5.13 Å². The average molecular weight is 280 g/mol. The van der Waals surface area contributed by atoms with Gasteiger partial charge in [-0.05, 0) is 6.42 Å². The van der Waals surface area contributed by atoms with Gasteiger partial charge in [0.25, 0.3) is 5.56 Å². The number of ether oxygens (including phenoxy) is 1. The molecule has 0 amide bonds. The molecule has 0 spiro atoms. The number of H-pyrrole nitrogens is 1. The maximum absolute atomic E-state index is 11.5. The Morgan fingerprint density at radius 2 is 2.26 bits per heavy atom. The van der Waals surface area contributed by atoms with Crippen LogP contribution < -0.4 is 15.6 Å². The van der Waals surface area contributed by atoms with Gasteiger partial charge in [-0.25, -0.2) is 0 Å². The number of aromatic amines is 1. The summed E-state index contributed by atoms with van der Waals surface area (Å²) in [6.45, 7) is 3.01. The lowest BCUT2D eigenvalue weighted by molar-refractivity contribution is 0.397. The van der Waals surface area contributed by atoms with Gasteiger partial charge in [-0.15, -0.1) is 10.2 Å². The van der Waals surface area contributed by atoms with Crippen molar-refractivity contribution in [2.24, 2.45) is 0 Å². The van der Waals surface area contributed by atoms with Gasteiger partial charge >= 0.3 is 0 Å². The van der Waals surface area contributed by atoms with E-state index in [0.717, 1.165) is 24.5 Å². The third kappa shape index (κ3) is 3.54. The predicted molar refractivity (Wildman–Crippen MR) is 75.9 cm³/mol. The fourth-order valence-corrected chi connectivity index (χ4v) is 2.29. The molecule has 7 heteroatoms. The molecule has 0 aliphatic heterocycles. The highest BCUT2D eigenvalue weighted by atomic mass is 32.1. The number of rotatable bonds is 6. The van der Waals surface area contributed by atoms with E-state index in [-0.39, 0.29) is 5.56 Å². The van der Waals surface area contributed by atoms with Crippen LogP contribution in [0.1, 0.15) is 19.8 Å². The van der Waals surface area contributed by atoms with Crippen molar-refractivity contribution in [2.75, 3.05) is 19.0 Å². The maximum atomic E-state index is 11.5. The second kappa shape index (κ2) is 6.33. The van der Waals surface area contributed by atoms with Crippen LogP contribution in [0.3, 0.4) is 0 Å². The topological polar surface area (TPSA) is 79.9 Å². The Kier molecular flexibility index (Phi) is 4.51. The first-order chi connectivity index (χ1) is 9.22. The monoisotopic (exact) mass is 280 g/mol. The zero-order valence-electron chi connectivity index (χ0n) is 10.9. The smallest absolute Gasteiger partial charge is 0.251 e. The summed E-state index contributed by atoms with van der Waals surface area (Å²) in [5.74, 6) is 0.415. The quantitative estimate of drug-likeness (QED) is 0.792. The Morgan fingerprint density at radius 1 is 1.42 bits per heavy atom. The highest BCUT2D eigenvalue weighted by Gasteiger charge is 2.08. The number of anilines is 1. The lowest BCUT2D eigenvalue weighted by Gasteiger charge is -2.00. The summed E-state index contributed by atoms with van der Waals surface area (Å²) in [6.07, 6.45) is 2.22. The molecule has 19 heavy (non-hydrogen) atoms. The standard InChI is InChI=1S/C12H16N4O2S/c1-3-4-5-13-12-16-15-11(19-12)8-6-9(17)14-10(7-8)18-2/h6-7H,3-5H2,1-2H3,(H,13,16)(H,14,17). The highest BCUT2D eigenvalue weighted by molar-refractivity contribution is 7.18. The van der Waals surface area contributed by atoms with E-state index in [1.807, 2.05) is 0 Å². The van der Waals surface area contributed by atoms with Crippen molar-refractivity contribution in [3.05, 3.63) is 22.5 Å². The Morgan fingerprint density at radius 3 is 3.00 bits per heavy atom. The first-order valence-electron chi connectivity index (χ1n) is 6.09. The van der Waals surface area contributed by atoms with Gasteiger partial charge in [0.1, 0.15) is 5.01 Å². The van der Waals surface area contributed by atoms with Gasteiger partial charge < -0.3 is 10.1 Å². The summed E-state index contributed by atoms with van der Waals surface area (Å²) >= 11 is 1.42. The lowest BCUT2D eigenvalue weighted by Crippen LogP contribution is -2.05. The molecule has 2 heterocycles. The molecule has 0 fully saturated rings. The van der Waals surface area contributed by atoms with Crippen molar-refractivity contribution in [1.29, 1.82) is 0 Å². The van der Waals surface area contributed by atoms with Crippen molar-refractivity contribution in [3.8, 4) is 16.5 Å². The van der Waals surface area contributed by atoms with Crippen molar-refractivity contribution in [3.63, 3.8) is 0 Å². The van der Waals surface area contributed by atoms with Crippen LogP contribution in [0.2, 0.25) is 0 Å². The van der Waals surface area contributed by atoms with Gasteiger partial charge in [-0.2, -0.15) is 0 Å². The fourth-order valence-electron chi connectivity index (χ4n) is 1.53. The number of hydrogen-bond acceptors (Lipinski definition) is 6. The lowest BCUT2D eigenvalue weighted by atomic mass is 10.3. The van der Waals surface area contributed by atoms with Crippen molar-refractivity contribution < 1.29 is 4.74 Å². The van der Waals surface area contributed by atoms with Crippen LogP contribution in [0.4, 0.5) is 5.13 Å². The first-order valence-corrected chi connectivity index (χ1v) is 6.90. The minimum absolute atomic E-state index is 0.218. The third-order valence-corrected chi connectivity index (χ3v) is 3.45. The molecule has 2 aromatic rings. The molecule has 0 aliphatic carbocycles. The van der Waals surface area contributed by atoms with E-state index in [4.69, 9.17) is 4.74 Å². The molecule has 102 valence electrons. The van der Waals surface area contributed by atoms with Gasteiger partial charge in [-0.3, -0.25) is 9.78 Å². The van der Waals surface area contributed by atoms with Crippen molar-refractivity contribution >= 4 is 16.5 Å². The molecule has 0 atom stereocenters. The van der Waals surface area contributed by atoms with Crippen LogP contribution in [-0.2, 0) is 0 Å². The summed E-state index contributed by atoms with van der Waals surface area (Å²) < 4.78 is 5.03. The molecule has 0 saturated heterocycles. The molecule has 0 radical (unpaired) electrons. The average Bonchev–Trinajstić information content (AvgIpc) is 2.87. The van der Waals surface area contributed by atoms with Crippen molar-refractivity contribution in [2.45, 2.75) is 19.8 Å². The second-order valence-electron chi connectivity index (χ2n) is 3.99. The Hall–Kier alpha value is -1.89. The van der Waals surface area contributed by atoms with Crippen molar-refractivity contribution in [1.82, 2.24) is 15.2 Å². The van der Waals surface area contributed by atoms with Gasteiger partial charge in [0, 0.05) is 24.2 Å². The van der Waals surface area contributed by atoms with Gasteiger partial charge in [0.05, 0.1) is 7.11 Å². The molecule has 2 aromatic heterocycles. The molecule has 0 saturated carbocycles. The van der Waals surface area contributed by atoms with E-state index in [1.165, 1.54) is 24.5 Å². The Labute approximate surface area is 114 Å². The number of unbranched alkanes of at least 4 members (excludes halogenated alkanes) is 1. The van der Waals surface area contributed by atoms with E-state index in [1.54, 1.807) is 6.07 Å². The van der Waals surface area contributed by atoms with Gasteiger partial charge in [-0.1, -0.05) is 24.7 Å². The SMILES string of the molecule is CCCCNc1nnc(-c2cc(OC)[nH]c(=O)c2)s1. The van der Waals surface area contributed by atoms with E-state index < -0.39 is 0 Å². The van der Waals surface area contributed by atoms with E-state index in [0.29, 0.717) is 16.5 Å². The van der Waals surface area contributed by atoms with Crippen LogP contribution in [0.25, 0.3) is 10.6 Å². The molecular weight excluding hydrogens is 264 g/mol. The Bertz CT molecular complexity index is 593. The molecule has 0 aromatic carbocycles. The van der Waals surface area contributed by atoms with Gasteiger partial charge in [0.15, 0.2) is 5.88 Å². The number of hydrogen-bond donors (Lipinski definition) is 2. The largest absolute Gasteiger partial charge is 0.482 e. The zero-order valence-corrected chi connectivity index (χ0v) is 11.7. The molecule has 0 unspecified atom stereocenters. The number of pyridine rings is 1. The van der Waals surface area contributed by atoms with Crippen LogP contribution in [0.5, 0.6) is 5.88 Å². The number of nitrogens with zero attached hydrogens (tertiary/aromatic N) is 2. The molecule has 0 bridgehead atoms. The molecular formula is C12H16N4O2S. The second-order valence-corrected chi connectivity index (χ2v) is 4.97. The van der Waals surface area contributed by atoms with Crippen LogP contribution in [0, 0.1) is 0 Å². The molecule has 0 aliphatic rings. The van der Waals surface area contributed by atoms with E-state index in [9.17, 15) is 4.79 Å². The first kappa shape index (κ1) is 13.5. The highest BCUT2D eigenvalue weighted by Crippen LogP contribution is 2.26. The predicted octanol–water partition coefficient (Wildman–Crippen LogP) is 2.11. The fraction of sp³-hybridized carbons (Fsp3) is 0.417. The summed E-state index contributed by atoms with van der Waals surface area (Å²) in [5, 5.41) is 12.8. The summed E-state index contributed by atoms with van der Waals surface area (Å²) in [6, 6.07) is 3.22. The summed E-state index contributed by atoms with van der Waals surface area (Å²) in [5.41, 5.74) is 0.492. The number of methoxy groups -OCH3 is 1. The maximum Gasteiger partial charge on any atom is 0.251 e. The van der Waals surface area contributed by atoms with E-state index in [2.05, 4.69) is 27.4 Å². The third-order valence-electron chi connectivity index (χ3n) is 2.52. The van der Waals surface area contributed by atoms with Crippen LogP contribution in [0.15, 0.2) is 16.9 Å². The minimum Gasteiger partial charge on any atom is -0.482 e. The Balaban J connectivity index is 2.18. The van der Waals surface area contributed by atoms with Crippen LogP contribution in [-0.4, -0.2) is 28.8 Å². The molecule has 2 rings (SSSR count). The normalized spacial score (nSPS) is 10.4. The minimum atomic E-state index is -0.218. The number of aromatic nitrogens is 3. The number of nitrogens with one attached hydrogen (secondary N) is 2. The van der Waals surface area contributed by atoms with Crippen LogP contribution >= 0.6 is 11.3 Å². The molecule has 2 N–H and O–H groups in total. The zero-order chi connectivity index (χ0) is 13.7. The summed E-state index contributed by atoms with van der Waals surface area (Å²) in [7, 11) is 1.51. The molecule has 6 nitrogen and oxygen atoms in total. The summed E-state index contributed by atoms with van der Waals surface area (Å²) in [4.78, 5) is 14.0.